The van der Waals surface area contributed by atoms with Crippen molar-refractivity contribution in [1.82, 2.24) is 0 Å². The standard InChI is InChI=1S/C16H20N2/c1-3-13-8-9-16(14(4-2)11-13)18-10-6-5-7-15(18)12-17/h5-12,15,17H,3-4H2,1-2H3. The zero-order chi connectivity index (χ0) is 13.0. The van der Waals surface area contributed by atoms with Gasteiger partial charge in [0.15, 0.2) is 0 Å². The number of hydrogen-bond donors (Lipinski definition) is 1. The largest absolute Gasteiger partial charge is 0.336 e. The molecule has 0 radical (unpaired) electrons. The predicted octanol–water partition coefficient (Wildman–Crippen LogP) is 3.72. The topological polar surface area (TPSA) is 27.1 Å². The number of aryl methyl sites for hydroxylation is 2. The summed E-state index contributed by atoms with van der Waals surface area (Å²) in [6, 6.07) is 6.68. The van der Waals surface area contributed by atoms with Crippen LogP contribution in [-0.2, 0) is 12.8 Å². The summed E-state index contributed by atoms with van der Waals surface area (Å²) in [7, 11) is 0. The molecule has 0 aromatic heterocycles. The number of allylic oxidation sites excluding steroid dienone is 2. The van der Waals surface area contributed by atoms with E-state index in [2.05, 4.69) is 43.1 Å². The van der Waals surface area contributed by atoms with Crippen LogP contribution in [0.25, 0.3) is 0 Å². The Balaban J connectivity index is 2.40. The number of rotatable bonds is 4. The van der Waals surface area contributed by atoms with Gasteiger partial charge in [0.25, 0.3) is 0 Å². The van der Waals surface area contributed by atoms with E-state index in [1.807, 2.05) is 18.2 Å². The molecule has 1 heterocycles. The molecule has 1 aliphatic rings. The molecule has 1 atom stereocenters. The third-order valence-corrected chi connectivity index (χ3v) is 3.37. The number of nitrogens with one attached hydrogen (secondary N) is 1. The van der Waals surface area contributed by atoms with Crippen molar-refractivity contribution in [3.05, 3.63) is 53.8 Å². The van der Waals surface area contributed by atoms with E-state index in [9.17, 15) is 0 Å². The van der Waals surface area contributed by atoms with Crippen LogP contribution in [0.1, 0.15) is 25.0 Å². The Morgan fingerprint density at radius 3 is 2.72 bits per heavy atom. The zero-order valence-electron chi connectivity index (χ0n) is 11.1. The Bertz CT molecular complexity index is 486. The van der Waals surface area contributed by atoms with Gasteiger partial charge in [0.05, 0.1) is 6.04 Å². The average molecular weight is 240 g/mol. The van der Waals surface area contributed by atoms with Crippen LogP contribution >= 0.6 is 0 Å². The fourth-order valence-electron chi connectivity index (χ4n) is 2.28. The van der Waals surface area contributed by atoms with Gasteiger partial charge < -0.3 is 10.3 Å². The molecule has 2 nitrogen and oxygen atoms in total. The molecule has 1 N–H and O–H groups in total. The smallest absolute Gasteiger partial charge is 0.0867 e. The molecule has 0 bridgehead atoms. The minimum atomic E-state index is 0.0350. The molecule has 0 amide bonds. The lowest BCUT2D eigenvalue weighted by atomic mass is 10.0. The number of hydrogen-bond acceptors (Lipinski definition) is 2. The summed E-state index contributed by atoms with van der Waals surface area (Å²) >= 11 is 0. The van der Waals surface area contributed by atoms with Crippen molar-refractivity contribution >= 4 is 11.9 Å². The zero-order valence-corrected chi connectivity index (χ0v) is 11.1. The molecule has 1 aliphatic heterocycles. The highest BCUT2D eigenvalue weighted by molar-refractivity contribution is 5.74. The van der Waals surface area contributed by atoms with Gasteiger partial charge in [0, 0.05) is 18.1 Å². The minimum absolute atomic E-state index is 0.0350. The van der Waals surface area contributed by atoms with Gasteiger partial charge in [0.1, 0.15) is 0 Å². The Hall–Kier alpha value is -1.83. The van der Waals surface area contributed by atoms with Gasteiger partial charge in [-0.15, -0.1) is 0 Å². The molecule has 0 saturated heterocycles. The van der Waals surface area contributed by atoms with Crippen LogP contribution < -0.4 is 4.90 Å². The van der Waals surface area contributed by atoms with Crippen molar-refractivity contribution in [2.24, 2.45) is 0 Å². The molecule has 2 rings (SSSR count). The fourth-order valence-corrected chi connectivity index (χ4v) is 2.28. The number of anilines is 1. The highest BCUT2D eigenvalue weighted by atomic mass is 15.1. The van der Waals surface area contributed by atoms with Crippen molar-refractivity contribution in [1.29, 1.82) is 5.41 Å². The van der Waals surface area contributed by atoms with E-state index in [1.54, 1.807) is 0 Å². The maximum atomic E-state index is 7.53. The highest BCUT2D eigenvalue weighted by Crippen LogP contribution is 2.26. The van der Waals surface area contributed by atoms with Crippen LogP contribution in [0.2, 0.25) is 0 Å². The van der Waals surface area contributed by atoms with Crippen LogP contribution in [-0.4, -0.2) is 12.3 Å². The van der Waals surface area contributed by atoms with Gasteiger partial charge in [0.2, 0.25) is 0 Å². The van der Waals surface area contributed by atoms with Gasteiger partial charge >= 0.3 is 0 Å². The lowest BCUT2D eigenvalue weighted by Gasteiger charge is -2.29. The Kier molecular flexibility index (Phi) is 3.98. The van der Waals surface area contributed by atoms with Crippen molar-refractivity contribution in [3.63, 3.8) is 0 Å². The Morgan fingerprint density at radius 1 is 1.22 bits per heavy atom. The lowest BCUT2D eigenvalue weighted by molar-refractivity contribution is 0.949. The van der Waals surface area contributed by atoms with Gasteiger partial charge in [-0.1, -0.05) is 38.1 Å². The first kappa shape index (κ1) is 12.6. The summed E-state index contributed by atoms with van der Waals surface area (Å²) in [6.07, 6.45) is 11.7. The number of nitrogens with zero attached hydrogens (tertiary/aromatic N) is 1. The molecule has 94 valence electrons. The van der Waals surface area contributed by atoms with Gasteiger partial charge in [-0.05, 0) is 36.1 Å². The Morgan fingerprint density at radius 2 is 2.06 bits per heavy atom. The first-order valence-electron chi connectivity index (χ1n) is 6.55. The monoisotopic (exact) mass is 240 g/mol. The van der Waals surface area contributed by atoms with Gasteiger partial charge in [-0.3, -0.25) is 0 Å². The summed E-state index contributed by atoms with van der Waals surface area (Å²) in [5.41, 5.74) is 3.93. The fraction of sp³-hybridized carbons (Fsp3) is 0.312. The van der Waals surface area contributed by atoms with Crippen molar-refractivity contribution in [2.45, 2.75) is 32.7 Å². The normalized spacial score (nSPS) is 18.1. The van der Waals surface area contributed by atoms with Crippen LogP contribution in [0.4, 0.5) is 5.69 Å². The molecular formula is C16H20N2. The number of benzene rings is 1. The quantitative estimate of drug-likeness (QED) is 0.798. The van der Waals surface area contributed by atoms with E-state index in [0.29, 0.717) is 0 Å². The van der Waals surface area contributed by atoms with E-state index in [4.69, 9.17) is 5.41 Å². The molecule has 1 unspecified atom stereocenters. The second kappa shape index (κ2) is 5.67. The minimum Gasteiger partial charge on any atom is -0.336 e. The molecule has 1 aromatic rings. The molecule has 1 aromatic carbocycles. The van der Waals surface area contributed by atoms with E-state index < -0.39 is 0 Å². The second-order valence-corrected chi connectivity index (χ2v) is 4.46. The summed E-state index contributed by atoms with van der Waals surface area (Å²) in [5, 5.41) is 7.53. The van der Waals surface area contributed by atoms with Crippen LogP contribution in [0.15, 0.2) is 42.6 Å². The molecule has 0 fully saturated rings. The van der Waals surface area contributed by atoms with Crippen LogP contribution in [0, 0.1) is 5.41 Å². The van der Waals surface area contributed by atoms with Crippen molar-refractivity contribution in [3.8, 4) is 0 Å². The third kappa shape index (κ3) is 2.37. The van der Waals surface area contributed by atoms with Crippen molar-refractivity contribution in [2.75, 3.05) is 4.90 Å². The maximum absolute atomic E-state index is 7.53. The summed E-state index contributed by atoms with van der Waals surface area (Å²) in [5.74, 6) is 0. The Labute approximate surface area is 109 Å². The predicted molar refractivity (Wildman–Crippen MR) is 78.5 cm³/mol. The molecular weight excluding hydrogens is 220 g/mol. The molecule has 18 heavy (non-hydrogen) atoms. The highest BCUT2D eigenvalue weighted by Gasteiger charge is 2.16. The molecule has 0 spiro atoms. The molecule has 0 aliphatic carbocycles. The summed E-state index contributed by atoms with van der Waals surface area (Å²) < 4.78 is 0. The van der Waals surface area contributed by atoms with Crippen LogP contribution in [0.5, 0.6) is 0 Å². The second-order valence-electron chi connectivity index (χ2n) is 4.46. The van der Waals surface area contributed by atoms with Gasteiger partial charge in [-0.2, -0.15) is 0 Å². The summed E-state index contributed by atoms with van der Waals surface area (Å²) in [6.45, 7) is 4.36. The molecule has 0 saturated carbocycles. The molecule has 2 heteroatoms. The van der Waals surface area contributed by atoms with E-state index >= 15 is 0 Å². The first-order chi connectivity index (χ1) is 8.80. The van der Waals surface area contributed by atoms with Crippen molar-refractivity contribution < 1.29 is 0 Å². The SMILES string of the molecule is CCc1ccc(N2C=CC=CC2C=N)c(CC)c1. The first-order valence-corrected chi connectivity index (χ1v) is 6.55. The van der Waals surface area contributed by atoms with Crippen LogP contribution in [0.3, 0.4) is 0 Å². The summed E-state index contributed by atoms with van der Waals surface area (Å²) in [4.78, 5) is 2.16. The lowest BCUT2D eigenvalue weighted by Crippen LogP contribution is -2.32. The van der Waals surface area contributed by atoms with Gasteiger partial charge in [-0.25, -0.2) is 0 Å². The average Bonchev–Trinajstić information content (AvgIpc) is 2.46. The maximum Gasteiger partial charge on any atom is 0.0867 e. The van der Waals surface area contributed by atoms with E-state index in [1.165, 1.54) is 23.0 Å². The third-order valence-electron chi connectivity index (χ3n) is 3.37. The van der Waals surface area contributed by atoms with E-state index in [-0.39, 0.29) is 6.04 Å². The van der Waals surface area contributed by atoms with E-state index in [0.717, 1.165) is 12.8 Å².